The first-order valence-corrected chi connectivity index (χ1v) is 11.1. The number of nitrogens with one attached hydrogen (secondary N) is 1. The van der Waals surface area contributed by atoms with E-state index < -0.39 is 22.5 Å². The first kappa shape index (κ1) is 23.2. The van der Waals surface area contributed by atoms with Crippen molar-refractivity contribution in [2.24, 2.45) is 0 Å². The zero-order valence-electron chi connectivity index (χ0n) is 17.9. The Kier molecular flexibility index (Phi) is 7.06. The summed E-state index contributed by atoms with van der Waals surface area (Å²) in [7, 11) is -2.63. The highest BCUT2D eigenvalue weighted by Gasteiger charge is 2.24. The van der Waals surface area contributed by atoms with E-state index >= 15 is 0 Å². The third kappa shape index (κ3) is 5.59. The first-order chi connectivity index (χ1) is 15.2. The minimum Gasteiger partial charge on any atom is -0.458 e. The van der Waals surface area contributed by atoms with Crippen molar-refractivity contribution in [2.75, 3.05) is 18.9 Å². The van der Waals surface area contributed by atoms with Crippen LogP contribution in [-0.4, -0.2) is 43.2 Å². The predicted octanol–water partition coefficient (Wildman–Crippen LogP) is 2.97. The maximum Gasteiger partial charge on any atom is 0.321 e. The molecule has 0 bridgehead atoms. The van der Waals surface area contributed by atoms with Crippen molar-refractivity contribution in [1.82, 2.24) is 9.29 Å². The van der Waals surface area contributed by atoms with Gasteiger partial charge in [0, 0.05) is 25.2 Å². The molecule has 0 saturated heterocycles. The molecule has 1 aromatic heterocycles. The van der Waals surface area contributed by atoms with Gasteiger partial charge in [-0.2, -0.15) is 4.31 Å². The van der Waals surface area contributed by atoms with Gasteiger partial charge in [-0.3, -0.25) is 9.59 Å². The summed E-state index contributed by atoms with van der Waals surface area (Å²) in [4.78, 5) is 27.7. The number of hydrogen-bond acceptors (Lipinski definition) is 7. The number of aromatic nitrogens is 1. The number of ether oxygens (including phenoxy) is 1. The SMILES string of the molecule is CC(=O)Nc1ccc(S(=O)(=O)N(C)CC(=O)OCc2nc(-c3ccccc3)oc2C)cc1. The fourth-order valence-electron chi connectivity index (χ4n) is 2.82. The van der Waals surface area contributed by atoms with Gasteiger partial charge in [0.2, 0.25) is 21.8 Å². The Bertz CT molecular complexity index is 1200. The Morgan fingerprint density at radius 3 is 2.38 bits per heavy atom. The number of sulfonamides is 1. The topological polar surface area (TPSA) is 119 Å². The van der Waals surface area contributed by atoms with Gasteiger partial charge in [0.15, 0.2) is 0 Å². The fourth-order valence-corrected chi connectivity index (χ4v) is 3.94. The molecule has 32 heavy (non-hydrogen) atoms. The monoisotopic (exact) mass is 457 g/mol. The maximum atomic E-state index is 12.7. The van der Waals surface area contributed by atoms with Crippen LogP contribution in [0.5, 0.6) is 0 Å². The molecular formula is C22H23N3O6S. The number of nitrogens with zero attached hydrogens (tertiary/aromatic N) is 2. The molecule has 1 heterocycles. The molecule has 168 valence electrons. The zero-order chi connectivity index (χ0) is 23.3. The van der Waals surface area contributed by atoms with Crippen LogP contribution in [0.1, 0.15) is 18.4 Å². The quantitative estimate of drug-likeness (QED) is 0.517. The Morgan fingerprint density at radius 2 is 1.75 bits per heavy atom. The summed E-state index contributed by atoms with van der Waals surface area (Å²) in [5, 5.41) is 2.56. The molecule has 0 aliphatic rings. The van der Waals surface area contributed by atoms with Gasteiger partial charge in [-0.1, -0.05) is 18.2 Å². The summed E-state index contributed by atoms with van der Waals surface area (Å²) in [6, 6.07) is 14.9. The molecule has 3 aromatic rings. The minimum absolute atomic E-state index is 0.0123. The van der Waals surface area contributed by atoms with Crippen LogP contribution in [0.3, 0.4) is 0 Å². The molecule has 0 saturated carbocycles. The third-order valence-electron chi connectivity index (χ3n) is 4.52. The van der Waals surface area contributed by atoms with E-state index in [1.54, 1.807) is 6.92 Å². The van der Waals surface area contributed by atoms with E-state index in [4.69, 9.17) is 9.15 Å². The number of hydrogen-bond donors (Lipinski definition) is 1. The van der Waals surface area contributed by atoms with Crippen LogP contribution in [-0.2, 0) is 31.0 Å². The van der Waals surface area contributed by atoms with Crippen molar-refractivity contribution in [1.29, 1.82) is 0 Å². The van der Waals surface area contributed by atoms with Crippen molar-refractivity contribution in [3.8, 4) is 11.5 Å². The normalized spacial score (nSPS) is 11.4. The summed E-state index contributed by atoms with van der Waals surface area (Å²) >= 11 is 0. The van der Waals surface area contributed by atoms with E-state index in [0.29, 0.717) is 23.0 Å². The van der Waals surface area contributed by atoms with E-state index in [1.165, 1.54) is 38.2 Å². The van der Waals surface area contributed by atoms with Crippen molar-refractivity contribution in [2.45, 2.75) is 25.3 Å². The van der Waals surface area contributed by atoms with Crippen molar-refractivity contribution < 1.29 is 27.2 Å². The third-order valence-corrected chi connectivity index (χ3v) is 6.34. The maximum absolute atomic E-state index is 12.7. The molecule has 1 N–H and O–H groups in total. The number of carbonyl (C=O) groups is 2. The number of amides is 1. The number of oxazole rings is 1. The Labute approximate surface area is 186 Å². The lowest BCUT2D eigenvalue weighted by atomic mass is 10.2. The largest absolute Gasteiger partial charge is 0.458 e. The van der Waals surface area contributed by atoms with Gasteiger partial charge in [-0.05, 0) is 43.3 Å². The van der Waals surface area contributed by atoms with Crippen molar-refractivity contribution in [3.05, 3.63) is 66.1 Å². The summed E-state index contributed by atoms with van der Waals surface area (Å²) in [6.45, 7) is 2.45. The molecule has 0 aliphatic carbocycles. The lowest BCUT2D eigenvalue weighted by Gasteiger charge is -2.16. The van der Waals surface area contributed by atoms with E-state index in [2.05, 4.69) is 10.3 Å². The number of rotatable bonds is 8. The van der Waals surface area contributed by atoms with Gasteiger partial charge in [0.1, 0.15) is 24.6 Å². The Hall–Kier alpha value is -3.50. The average Bonchev–Trinajstić information content (AvgIpc) is 3.13. The number of esters is 1. The second-order valence-electron chi connectivity index (χ2n) is 7.02. The van der Waals surface area contributed by atoms with E-state index in [-0.39, 0.29) is 17.4 Å². The van der Waals surface area contributed by atoms with Crippen LogP contribution in [0.4, 0.5) is 5.69 Å². The second-order valence-corrected chi connectivity index (χ2v) is 9.06. The Balaban J connectivity index is 1.60. The van der Waals surface area contributed by atoms with Gasteiger partial charge >= 0.3 is 5.97 Å². The summed E-state index contributed by atoms with van der Waals surface area (Å²) in [5.41, 5.74) is 1.72. The molecule has 3 rings (SSSR count). The van der Waals surface area contributed by atoms with Gasteiger partial charge < -0.3 is 14.5 Å². The van der Waals surface area contributed by atoms with Crippen LogP contribution in [0.2, 0.25) is 0 Å². The number of likely N-dealkylation sites (N-methyl/N-ethyl adjacent to an activating group) is 1. The predicted molar refractivity (Wildman–Crippen MR) is 117 cm³/mol. The van der Waals surface area contributed by atoms with Crippen LogP contribution in [0.25, 0.3) is 11.5 Å². The van der Waals surface area contributed by atoms with Crippen LogP contribution >= 0.6 is 0 Å². The highest BCUT2D eigenvalue weighted by Crippen LogP contribution is 2.22. The molecule has 0 unspecified atom stereocenters. The van der Waals surface area contributed by atoms with Gasteiger partial charge in [0.25, 0.3) is 0 Å². The number of aryl methyl sites for hydroxylation is 1. The lowest BCUT2D eigenvalue weighted by molar-refractivity contribution is -0.145. The van der Waals surface area contributed by atoms with E-state index in [9.17, 15) is 18.0 Å². The molecule has 0 fully saturated rings. The highest BCUT2D eigenvalue weighted by molar-refractivity contribution is 7.89. The number of anilines is 1. The zero-order valence-corrected chi connectivity index (χ0v) is 18.7. The molecule has 0 spiro atoms. The van der Waals surface area contributed by atoms with Crippen molar-refractivity contribution in [3.63, 3.8) is 0 Å². The van der Waals surface area contributed by atoms with E-state index in [1.807, 2.05) is 30.3 Å². The van der Waals surface area contributed by atoms with Crippen LogP contribution in [0.15, 0.2) is 63.9 Å². The fraction of sp³-hybridized carbons (Fsp3) is 0.227. The van der Waals surface area contributed by atoms with Crippen LogP contribution in [0, 0.1) is 6.92 Å². The first-order valence-electron chi connectivity index (χ1n) is 9.68. The highest BCUT2D eigenvalue weighted by atomic mass is 32.2. The Morgan fingerprint density at radius 1 is 1.09 bits per heavy atom. The van der Waals surface area contributed by atoms with Gasteiger partial charge in [-0.25, -0.2) is 13.4 Å². The van der Waals surface area contributed by atoms with Gasteiger partial charge in [0.05, 0.1) is 4.90 Å². The average molecular weight is 458 g/mol. The molecular weight excluding hydrogens is 434 g/mol. The molecule has 0 atom stereocenters. The standard InChI is InChI=1S/C22H23N3O6S/c1-15-20(24-22(31-15)17-7-5-4-6-8-17)14-30-21(27)13-25(3)32(28,29)19-11-9-18(10-12-19)23-16(2)26/h4-12H,13-14H2,1-3H3,(H,23,26). The molecule has 0 aliphatic heterocycles. The second kappa shape index (κ2) is 9.75. The molecule has 0 radical (unpaired) electrons. The molecule has 9 nitrogen and oxygen atoms in total. The molecule has 1 amide bonds. The van der Waals surface area contributed by atoms with E-state index in [0.717, 1.165) is 9.87 Å². The number of benzene rings is 2. The van der Waals surface area contributed by atoms with Crippen molar-refractivity contribution >= 4 is 27.6 Å². The number of carbonyl (C=O) groups excluding carboxylic acids is 2. The molecule has 10 heteroatoms. The lowest BCUT2D eigenvalue weighted by Crippen LogP contribution is -2.33. The summed E-state index contributed by atoms with van der Waals surface area (Å²) in [5.74, 6) is -0.0678. The minimum atomic E-state index is -3.92. The summed E-state index contributed by atoms with van der Waals surface area (Å²) in [6.07, 6.45) is 0. The molecule has 2 aromatic carbocycles. The smallest absolute Gasteiger partial charge is 0.321 e. The summed E-state index contributed by atoms with van der Waals surface area (Å²) < 4.78 is 37.1. The van der Waals surface area contributed by atoms with Crippen LogP contribution < -0.4 is 5.32 Å². The van der Waals surface area contributed by atoms with Gasteiger partial charge in [-0.15, -0.1) is 0 Å².